The molecule has 4 atom stereocenters. The molecule has 0 bridgehead atoms. The molecule has 1 saturated carbocycles. The molecule has 0 amide bonds. The monoisotopic (exact) mass is 597 g/mol. The van der Waals surface area contributed by atoms with Crippen LogP contribution in [0.5, 0.6) is 0 Å². The van der Waals surface area contributed by atoms with Gasteiger partial charge >= 0.3 is 17.9 Å². The second-order valence-corrected chi connectivity index (χ2v) is 11.4. The molecule has 12 nitrogen and oxygen atoms in total. The van der Waals surface area contributed by atoms with Gasteiger partial charge in [0, 0.05) is 32.6 Å². The van der Waals surface area contributed by atoms with E-state index in [1.807, 2.05) is 18.2 Å². The van der Waals surface area contributed by atoms with Gasteiger partial charge in [0.2, 0.25) is 5.95 Å². The van der Waals surface area contributed by atoms with Crippen LogP contribution in [0, 0.1) is 0 Å². The Hall–Kier alpha value is -3.71. The van der Waals surface area contributed by atoms with Crippen LogP contribution in [0.2, 0.25) is 0 Å². The van der Waals surface area contributed by atoms with E-state index in [1.165, 1.54) is 45.3 Å². The Kier molecular flexibility index (Phi) is 9.58. The van der Waals surface area contributed by atoms with Crippen LogP contribution < -0.4 is 5.32 Å². The fourth-order valence-electron chi connectivity index (χ4n) is 5.39. The third-order valence-corrected chi connectivity index (χ3v) is 8.25. The van der Waals surface area contributed by atoms with Gasteiger partial charge in [0.15, 0.2) is 24.1 Å². The first kappa shape index (κ1) is 29.8. The Morgan fingerprint density at radius 3 is 2.38 bits per heavy atom. The highest BCUT2D eigenvalue weighted by Crippen LogP contribution is 2.40. The number of nitrogens with zero attached hydrogens (tertiary/aromatic N) is 4. The molecule has 1 aliphatic carbocycles. The molecule has 2 aromatic heterocycles. The minimum Gasteiger partial charge on any atom is -0.463 e. The Labute approximate surface area is 247 Å². The highest BCUT2D eigenvalue weighted by Gasteiger charge is 2.52. The molecule has 2 fully saturated rings. The number of carbonyl (C=O) groups excluding carboxylic acids is 3. The Morgan fingerprint density at radius 1 is 0.976 bits per heavy atom. The summed E-state index contributed by atoms with van der Waals surface area (Å²) in [6.07, 6.45) is 2.82. The lowest BCUT2D eigenvalue weighted by Gasteiger charge is -2.27. The summed E-state index contributed by atoms with van der Waals surface area (Å²) in [6.45, 7) is 3.60. The van der Waals surface area contributed by atoms with Crippen LogP contribution in [0.1, 0.15) is 64.7 Å². The summed E-state index contributed by atoms with van der Waals surface area (Å²) < 4.78 is 24.7. The van der Waals surface area contributed by atoms with Crippen LogP contribution in [0.3, 0.4) is 0 Å². The molecule has 1 saturated heterocycles. The molecule has 0 spiro atoms. The van der Waals surface area contributed by atoms with Gasteiger partial charge in [-0.3, -0.25) is 19.0 Å². The number of imidazole rings is 1. The summed E-state index contributed by atoms with van der Waals surface area (Å²) in [6, 6.07) is 10.2. The minimum absolute atomic E-state index is 0.178. The smallest absolute Gasteiger partial charge is 0.303 e. The quantitative estimate of drug-likeness (QED) is 0.155. The zero-order chi connectivity index (χ0) is 29.6. The average Bonchev–Trinajstić information content (AvgIpc) is 3.48. The maximum Gasteiger partial charge on any atom is 0.303 e. The van der Waals surface area contributed by atoms with Gasteiger partial charge in [0.1, 0.15) is 29.6 Å². The SMILES string of the molecule is CC(=O)OC[C@H]1O[C@@H](n2c(NC3CCCCC3)nc3c(SCc4ccccc4)ncnc32)[C@H](OC(C)=O)[C@@H]1OC(C)=O. The summed E-state index contributed by atoms with van der Waals surface area (Å²) >= 11 is 1.54. The van der Waals surface area contributed by atoms with Gasteiger partial charge < -0.3 is 24.3 Å². The number of hydrogen-bond acceptors (Lipinski definition) is 12. The van der Waals surface area contributed by atoms with Crippen molar-refractivity contribution in [1.82, 2.24) is 19.5 Å². The van der Waals surface area contributed by atoms with Crippen LogP contribution in [-0.2, 0) is 39.1 Å². The van der Waals surface area contributed by atoms with E-state index in [0.717, 1.165) is 31.2 Å². The van der Waals surface area contributed by atoms with E-state index in [-0.39, 0.29) is 12.6 Å². The maximum atomic E-state index is 12.3. The topological polar surface area (TPSA) is 144 Å². The summed E-state index contributed by atoms with van der Waals surface area (Å²) in [4.78, 5) is 50.1. The highest BCUT2D eigenvalue weighted by molar-refractivity contribution is 7.98. The van der Waals surface area contributed by atoms with Crippen molar-refractivity contribution in [2.24, 2.45) is 0 Å². The molecule has 3 heterocycles. The Balaban J connectivity index is 1.57. The van der Waals surface area contributed by atoms with Gasteiger partial charge in [-0.15, -0.1) is 0 Å². The predicted octanol–water partition coefficient (Wildman–Crippen LogP) is 4.19. The van der Waals surface area contributed by atoms with Crippen molar-refractivity contribution in [3.8, 4) is 0 Å². The van der Waals surface area contributed by atoms with Crippen LogP contribution in [0.25, 0.3) is 11.2 Å². The van der Waals surface area contributed by atoms with Crippen molar-refractivity contribution in [3.63, 3.8) is 0 Å². The zero-order valence-corrected chi connectivity index (χ0v) is 24.7. The molecule has 0 unspecified atom stereocenters. The lowest BCUT2D eigenvalue weighted by molar-refractivity contribution is -0.166. The summed E-state index contributed by atoms with van der Waals surface area (Å²) in [7, 11) is 0. The van der Waals surface area contributed by atoms with E-state index < -0.39 is 42.4 Å². The van der Waals surface area contributed by atoms with Crippen LogP contribution in [0.4, 0.5) is 5.95 Å². The average molecular weight is 598 g/mol. The van der Waals surface area contributed by atoms with E-state index >= 15 is 0 Å². The first-order valence-corrected chi connectivity index (χ1v) is 15.1. The third-order valence-electron chi connectivity index (χ3n) is 7.20. The number of aromatic nitrogens is 4. The lowest BCUT2D eigenvalue weighted by Crippen LogP contribution is -2.40. The number of anilines is 1. The molecule has 224 valence electrons. The number of rotatable bonds is 10. The van der Waals surface area contributed by atoms with Gasteiger partial charge in [0.05, 0.1) is 0 Å². The largest absolute Gasteiger partial charge is 0.463 e. The van der Waals surface area contributed by atoms with Crippen molar-refractivity contribution in [2.45, 2.75) is 94.2 Å². The van der Waals surface area contributed by atoms with Crippen molar-refractivity contribution in [2.75, 3.05) is 11.9 Å². The zero-order valence-electron chi connectivity index (χ0n) is 23.9. The van der Waals surface area contributed by atoms with Crippen LogP contribution in [-0.4, -0.2) is 68.4 Å². The Bertz CT molecular complexity index is 1410. The Morgan fingerprint density at radius 2 is 1.69 bits per heavy atom. The number of esters is 3. The van der Waals surface area contributed by atoms with Gasteiger partial charge in [-0.2, -0.15) is 0 Å². The summed E-state index contributed by atoms with van der Waals surface area (Å²) in [5.41, 5.74) is 2.17. The number of benzene rings is 1. The highest BCUT2D eigenvalue weighted by atomic mass is 32.2. The van der Waals surface area contributed by atoms with Gasteiger partial charge in [-0.1, -0.05) is 61.4 Å². The number of hydrogen-bond donors (Lipinski definition) is 1. The van der Waals surface area contributed by atoms with Crippen LogP contribution >= 0.6 is 11.8 Å². The van der Waals surface area contributed by atoms with E-state index in [1.54, 1.807) is 4.57 Å². The number of ether oxygens (including phenoxy) is 4. The fourth-order valence-corrected chi connectivity index (χ4v) is 6.28. The van der Waals surface area contributed by atoms with E-state index in [4.69, 9.17) is 23.9 Å². The first-order valence-electron chi connectivity index (χ1n) is 14.1. The number of nitrogens with one attached hydrogen (secondary N) is 1. The normalized spacial score (nSPS) is 22.5. The second kappa shape index (κ2) is 13.5. The third kappa shape index (κ3) is 7.01. The van der Waals surface area contributed by atoms with E-state index in [0.29, 0.717) is 27.9 Å². The van der Waals surface area contributed by atoms with Crippen LogP contribution in [0.15, 0.2) is 41.7 Å². The first-order chi connectivity index (χ1) is 20.3. The molecule has 0 radical (unpaired) electrons. The molecule has 1 aliphatic heterocycles. The van der Waals surface area contributed by atoms with Gasteiger partial charge in [-0.05, 0) is 18.4 Å². The summed E-state index contributed by atoms with van der Waals surface area (Å²) in [5, 5.41) is 4.26. The molecule has 5 rings (SSSR count). The molecular weight excluding hydrogens is 562 g/mol. The van der Waals surface area contributed by atoms with Gasteiger partial charge in [0.25, 0.3) is 0 Å². The molecular formula is C29H35N5O7S. The van der Waals surface area contributed by atoms with Gasteiger partial charge in [-0.25, -0.2) is 15.0 Å². The van der Waals surface area contributed by atoms with Crippen molar-refractivity contribution in [3.05, 3.63) is 42.2 Å². The molecule has 13 heteroatoms. The fraction of sp³-hybridized carbons (Fsp3) is 0.517. The molecule has 1 N–H and O–H groups in total. The predicted molar refractivity (Wildman–Crippen MR) is 153 cm³/mol. The van der Waals surface area contributed by atoms with E-state index in [9.17, 15) is 14.4 Å². The number of fused-ring (bicyclic) bond motifs is 1. The minimum atomic E-state index is -1.06. The van der Waals surface area contributed by atoms with Crippen molar-refractivity contribution >= 4 is 46.8 Å². The van der Waals surface area contributed by atoms with Crippen molar-refractivity contribution in [1.29, 1.82) is 0 Å². The lowest BCUT2D eigenvalue weighted by atomic mass is 9.96. The molecule has 2 aliphatic rings. The molecule has 42 heavy (non-hydrogen) atoms. The maximum absolute atomic E-state index is 12.3. The number of carbonyl (C=O) groups is 3. The molecule has 1 aromatic carbocycles. The summed E-state index contributed by atoms with van der Waals surface area (Å²) in [5.74, 6) is -0.532. The standard InChI is InChI=1S/C29H35N5O7S/c1-17(35)38-14-22-24(39-18(2)36)25(40-19(3)37)28(41-22)34-26-23(33-29(34)32-21-12-8-5-9-13-21)27(31-16-30-26)42-15-20-10-6-4-7-11-20/h4,6-7,10-11,16,21-22,24-25,28H,5,8-9,12-15H2,1-3H3,(H,32,33)/t22-,24-,25-,28-/m1/s1. The molecule has 3 aromatic rings. The second-order valence-electron chi connectivity index (χ2n) is 10.4. The van der Waals surface area contributed by atoms with E-state index in [2.05, 4.69) is 27.4 Å². The number of thioether (sulfide) groups is 1. The van der Waals surface area contributed by atoms with Crippen molar-refractivity contribution < 1.29 is 33.3 Å².